The molecule has 1 saturated heterocycles. The van der Waals surface area contributed by atoms with Crippen LogP contribution in [0.5, 0.6) is 0 Å². The van der Waals surface area contributed by atoms with Gasteiger partial charge in [0, 0.05) is 17.3 Å². The highest BCUT2D eigenvalue weighted by Crippen LogP contribution is 2.17. The van der Waals surface area contributed by atoms with Crippen LogP contribution in [0.15, 0.2) is 24.3 Å². The number of halogens is 1. The van der Waals surface area contributed by atoms with Crippen molar-refractivity contribution < 1.29 is 14.7 Å². The van der Waals surface area contributed by atoms with E-state index in [4.69, 9.17) is 16.7 Å². The van der Waals surface area contributed by atoms with E-state index in [9.17, 15) is 9.59 Å². The third-order valence-electron chi connectivity index (χ3n) is 3.33. The Balaban J connectivity index is 1.86. The molecule has 5 nitrogen and oxygen atoms in total. The molecule has 0 bridgehead atoms. The number of benzene rings is 1. The van der Waals surface area contributed by atoms with Crippen LogP contribution in [0.3, 0.4) is 0 Å². The lowest BCUT2D eigenvalue weighted by Gasteiger charge is -2.29. The first-order valence-electron chi connectivity index (χ1n) is 6.55. The van der Waals surface area contributed by atoms with E-state index in [0.29, 0.717) is 23.7 Å². The van der Waals surface area contributed by atoms with Crippen LogP contribution in [0.1, 0.15) is 12.8 Å². The number of piperidine rings is 1. The van der Waals surface area contributed by atoms with Gasteiger partial charge >= 0.3 is 5.97 Å². The zero-order chi connectivity index (χ0) is 14.5. The first kappa shape index (κ1) is 14.8. The number of carbonyl (C=O) groups excluding carboxylic acids is 1. The van der Waals surface area contributed by atoms with E-state index >= 15 is 0 Å². The van der Waals surface area contributed by atoms with Crippen LogP contribution < -0.4 is 5.32 Å². The molecule has 1 aliphatic rings. The molecule has 1 aromatic rings. The number of nitrogens with one attached hydrogen (secondary N) is 1. The smallest absolute Gasteiger partial charge is 0.307 e. The average molecular weight is 297 g/mol. The second-order valence-corrected chi connectivity index (χ2v) is 5.41. The Morgan fingerprint density at radius 2 is 2.25 bits per heavy atom. The second kappa shape index (κ2) is 6.72. The van der Waals surface area contributed by atoms with Crippen LogP contribution in [0, 0.1) is 5.92 Å². The van der Waals surface area contributed by atoms with Gasteiger partial charge in [-0.15, -0.1) is 0 Å². The van der Waals surface area contributed by atoms with Crippen LogP contribution in [-0.4, -0.2) is 41.5 Å². The van der Waals surface area contributed by atoms with Crippen molar-refractivity contribution in [3.05, 3.63) is 29.3 Å². The van der Waals surface area contributed by atoms with Gasteiger partial charge in [-0.05, 0) is 37.6 Å². The molecule has 0 radical (unpaired) electrons. The maximum absolute atomic E-state index is 11.9. The standard InChI is InChI=1S/C14H17ClN2O3/c15-11-4-1-5-12(7-11)16-13(18)9-17-6-2-3-10(8-17)14(19)20/h1,4-5,7,10H,2-3,6,8-9H2,(H,16,18)(H,19,20). The molecule has 2 N–H and O–H groups in total. The van der Waals surface area contributed by atoms with E-state index < -0.39 is 5.97 Å². The highest BCUT2D eigenvalue weighted by molar-refractivity contribution is 6.30. The average Bonchev–Trinajstić information content (AvgIpc) is 2.38. The van der Waals surface area contributed by atoms with Gasteiger partial charge in [0.25, 0.3) is 0 Å². The van der Waals surface area contributed by atoms with Crippen molar-refractivity contribution in [3.63, 3.8) is 0 Å². The van der Waals surface area contributed by atoms with Crippen molar-refractivity contribution in [2.75, 3.05) is 25.0 Å². The molecule has 1 fully saturated rings. The molecule has 1 atom stereocenters. The number of likely N-dealkylation sites (tertiary alicyclic amines) is 1. The molecule has 1 aliphatic heterocycles. The van der Waals surface area contributed by atoms with Crippen molar-refractivity contribution >= 4 is 29.2 Å². The summed E-state index contributed by atoms with van der Waals surface area (Å²) >= 11 is 5.85. The fourth-order valence-electron chi connectivity index (χ4n) is 2.37. The number of amides is 1. The molecule has 1 amide bonds. The molecule has 2 rings (SSSR count). The van der Waals surface area contributed by atoms with E-state index in [1.165, 1.54) is 0 Å². The summed E-state index contributed by atoms with van der Waals surface area (Å²) in [5, 5.41) is 12.3. The number of anilines is 1. The summed E-state index contributed by atoms with van der Waals surface area (Å²) in [4.78, 5) is 24.8. The Bertz CT molecular complexity index is 507. The molecular formula is C14H17ClN2O3. The van der Waals surface area contributed by atoms with Crippen LogP contribution in [-0.2, 0) is 9.59 Å². The Morgan fingerprint density at radius 3 is 2.95 bits per heavy atom. The van der Waals surface area contributed by atoms with Gasteiger partial charge in [-0.2, -0.15) is 0 Å². The zero-order valence-electron chi connectivity index (χ0n) is 11.0. The molecule has 0 aliphatic carbocycles. The molecule has 0 spiro atoms. The quantitative estimate of drug-likeness (QED) is 0.892. The minimum atomic E-state index is -0.787. The van der Waals surface area contributed by atoms with Gasteiger partial charge in [-0.3, -0.25) is 14.5 Å². The number of rotatable bonds is 4. The molecule has 1 aromatic carbocycles. The highest BCUT2D eigenvalue weighted by atomic mass is 35.5. The van der Waals surface area contributed by atoms with E-state index in [0.717, 1.165) is 13.0 Å². The van der Waals surface area contributed by atoms with Gasteiger partial charge in [-0.1, -0.05) is 17.7 Å². The Hall–Kier alpha value is -1.59. The zero-order valence-corrected chi connectivity index (χ0v) is 11.8. The predicted molar refractivity (Wildman–Crippen MR) is 76.9 cm³/mol. The Morgan fingerprint density at radius 1 is 1.45 bits per heavy atom. The van der Waals surface area contributed by atoms with Gasteiger partial charge in [0.15, 0.2) is 0 Å². The monoisotopic (exact) mass is 296 g/mol. The molecule has 1 heterocycles. The number of carboxylic acids is 1. The summed E-state index contributed by atoms with van der Waals surface area (Å²) in [5.41, 5.74) is 0.647. The first-order valence-corrected chi connectivity index (χ1v) is 6.93. The van der Waals surface area contributed by atoms with Crippen molar-refractivity contribution in [2.45, 2.75) is 12.8 Å². The number of carbonyl (C=O) groups is 2. The van der Waals surface area contributed by atoms with Crippen molar-refractivity contribution in [1.82, 2.24) is 4.90 Å². The summed E-state index contributed by atoms with van der Waals surface area (Å²) in [6, 6.07) is 6.94. The Kier molecular flexibility index (Phi) is 4.98. The topological polar surface area (TPSA) is 69.6 Å². The summed E-state index contributed by atoms with van der Waals surface area (Å²) in [7, 11) is 0. The predicted octanol–water partition coefficient (Wildman–Crippen LogP) is 2.08. The number of aliphatic carboxylic acids is 1. The largest absolute Gasteiger partial charge is 0.481 e. The van der Waals surface area contributed by atoms with Gasteiger partial charge in [0.05, 0.1) is 12.5 Å². The molecule has 0 aromatic heterocycles. The fourth-order valence-corrected chi connectivity index (χ4v) is 2.56. The van der Waals surface area contributed by atoms with Crippen LogP contribution in [0.25, 0.3) is 0 Å². The molecule has 108 valence electrons. The van der Waals surface area contributed by atoms with Crippen molar-refractivity contribution in [1.29, 1.82) is 0 Å². The molecule has 1 unspecified atom stereocenters. The minimum Gasteiger partial charge on any atom is -0.481 e. The summed E-state index contributed by atoms with van der Waals surface area (Å²) < 4.78 is 0. The van der Waals surface area contributed by atoms with Gasteiger partial charge in [0.2, 0.25) is 5.91 Å². The van der Waals surface area contributed by atoms with Gasteiger partial charge < -0.3 is 10.4 Å². The third kappa shape index (κ3) is 4.21. The summed E-state index contributed by atoms with van der Waals surface area (Å²) in [5.74, 6) is -1.31. The Labute approximate surface area is 122 Å². The van der Waals surface area contributed by atoms with Crippen LogP contribution in [0.4, 0.5) is 5.69 Å². The van der Waals surface area contributed by atoms with E-state index in [2.05, 4.69) is 5.32 Å². The molecule has 6 heteroatoms. The molecular weight excluding hydrogens is 280 g/mol. The second-order valence-electron chi connectivity index (χ2n) is 4.97. The van der Waals surface area contributed by atoms with E-state index in [-0.39, 0.29) is 18.4 Å². The number of hydrogen-bond donors (Lipinski definition) is 2. The maximum Gasteiger partial charge on any atom is 0.307 e. The highest BCUT2D eigenvalue weighted by Gasteiger charge is 2.26. The number of nitrogens with zero attached hydrogens (tertiary/aromatic N) is 1. The van der Waals surface area contributed by atoms with E-state index in [1.54, 1.807) is 24.3 Å². The van der Waals surface area contributed by atoms with Crippen LogP contribution >= 0.6 is 11.6 Å². The van der Waals surface area contributed by atoms with E-state index in [1.807, 2.05) is 4.90 Å². The van der Waals surface area contributed by atoms with Gasteiger partial charge in [-0.25, -0.2) is 0 Å². The SMILES string of the molecule is O=C(CN1CCCC(C(=O)O)C1)Nc1cccc(Cl)c1. The van der Waals surface area contributed by atoms with Crippen molar-refractivity contribution in [2.24, 2.45) is 5.92 Å². The maximum atomic E-state index is 11.9. The number of carboxylic acid groups (broad SMARTS) is 1. The lowest BCUT2D eigenvalue weighted by atomic mass is 9.98. The third-order valence-corrected chi connectivity index (χ3v) is 3.57. The van der Waals surface area contributed by atoms with Crippen molar-refractivity contribution in [3.8, 4) is 0 Å². The number of hydrogen-bond acceptors (Lipinski definition) is 3. The minimum absolute atomic E-state index is 0.154. The fraction of sp³-hybridized carbons (Fsp3) is 0.429. The molecule has 0 saturated carbocycles. The normalized spacial score (nSPS) is 19.6. The lowest BCUT2D eigenvalue weighted by Crippen LogP contribution is -2.42. The first-order chi connectivity index (χ1) is 9.54. The molecule has 20 heavy (non-hydrogen) atoms. The van der Waals surface area contributed by atoms with Gasteiger partial charge in [0.1, 0.15) is 0 Å². The van der Waals surface area contributed by atoms with Crippen LogP contribution in [0.2, 0.25) is 5.02 Å². The summed E-state index contributed by atoms with van der Waals surface area (Å²) in [6.45, 7) is 1.39. The summed E-state index contributed by atoms with van der Waals surface area (Å²) in [6.07, 6.45) is 1.49. The lowest BCUT2D eigenvalue weighted by molar-refractivity contribution is -0.144.